The number of likely N-dealkylation sites (N-methyl/N-ethyl adjacent to an activating group) is 1. The van der Waals surface area contributed by atoms with Crippen LogP contribution in [0.3, 0.4) is 0 Å². The van der Waals surface area contributed by atoms with E-state index in [9.17, 15) is 47.4 Å². The minimum Gasteiger partial charge on any atom is -0.504 e. The molecule has 0 bridgehead atoms. The van der Waals surface area contributed by atoms with Crippen LogP contribution in [0.25, 0.3) is 5.78 Å². The van der Waals surface area contributed by atoms with E-state index in [4.69, 9.17) is 26.8 Å². The van der Waals surface area contributed by atoms with Crippen molar-refractivity contribution in [1.82, 2.24) is 40.1 Å². The van der Waals surface area contributed by atoms with E-state index < -0.39 is 90.9 Å². The lowest BCUT2D eigenvalue weighted by Gasteiger charge is -2.49. The third kappa shape index (κ3) is 9.67. The number of hydrogen-bond donors (Lipinski definition) is 7. The topological polar surface area (TPSA) is 369 Å². The van der Waals surface area contributed by atoms with Crippen LogP contribution in [0, 0.1) is 6.92 Å². The second-order valence-corrected chi connectivity index (χ2v) is 17.9. The molecular formula is C33H34N12O12S4. The van der Waals surface area contributed by atoms with Crippen LogP contribution < -0.4 is 27.8 Å². The van der Waals surface area contributed by atoms with Gasteiger partial charge in [0.15, 0.2) is 22.3 Å². The summed E-state index contributed by atoms with van der Waals surface area (Å²) in [5.41, 5.74) is 16.2. The number of β-lactam (4-membered cyclic amide) rings is 1. The van der Waals surface area contributed by atoms with Gasteiger partial charge in [-0.05, 0) is 44.2 Å². The van der Waals surface area contributed by atoms with Gasteiger partial charge in [-0.25, -0.2) is 28.0 Å². The first kappa shape index (κ1) is 44.2. The van der Waals surface area contributed by atoms with Crippen molar-refractivity contribution in [3.05, 3.63) is 58.1 Å². The Bertz CT molecular complexity index is 2650. The zero-order valence-electron chi connectivity index (χ0n) is 31.6. The number of hydrogen-bond acceptors (Lipinski definition) is 22. The van der Waals surface area contributed by atoms with Gasteiger partial charge in [0, 0.05) is 35.1 Å². The molecular weight excluding hydrogens is 885 g/mol. The van der Waals surface area contributed by atoms with Gasteiger partial charge in [0.2, 0.25) is 27.5 Å². The molecule has 5 heterocycles. The van der Waals surface area contributed by atoms with Crippen LogP contribution >= 0.6 is 34.9 Å². The van der Waals surface area contributed by atoms with E-state index in [1.54, 1.807) is 13.0 Å². The number of thioether (sulfide) groups is 2. The van der Waals surface area contributed by atoms with E-state index in [1.165, 1.54) is 16.9 Å². The molecule has 0 saturated carbocycles. The number of carbonyl (C=O) groups excluding carboxylic acids is 6. The van der Waals surface area contributed by atoms with Gasteiger partial charge in [-0.2, -0.15) is 9.50 Å². The molecule has 10 N–H and O–H groups in total. The number of anilines is 1. The number of aryl methyl sites for hydroxylation is 1. The fourth-order valence-corrected chi connectivity index (χ4v) is 9.69. The highest BCUT2D eigenvalue weighted by Crippen LogP contribution is 2.42. The number of fused-ring (bicyclic) bond motifs is 2. The summed E-state index contributed by atoms with van der Waals surface area (Å²) in [7, 11) is -2.88. The van der Waals surface area contributed by atoms with Gasteiger partial charge >= 0.3 is 11.9 Å². The second kappa shape index (κ2) is 18.1. The first-order valence-electron chi connectivity index (χ1n) is 17.4. The predicted octanol–water partition coefficient (Wildman–Crippen LogP) is -1.50. The maximum atomic E-state index is 13.9. The van der Waals surface area contributed by atoms with Gasteiger partial charge in [0.25, 0.3) is 23.5 Å². The molecule has 0 unspecified atom stereocenters. The number of nitrogens with one attached hydrogen (secondary N) is 2. The molecule has 3 aromatic heterocycles. The number of thiazole rings is 1. The van der Waals surface area contributed by atoms with Crippen LogP contribution in [0.2, 0.25) is 0 Å². The molecule has 2 aliphatic rings. The summed E-state index contributed by atoms with van der Waals surface area (Å²) in [6.45, 7) is 1.68. The number of rotatable bonds is 17. The van der Waals surface area contributed by atoms with Gasteiger partial charge in [-0.15, -0.1) is 40.0 Å². The van der Waals surface area contributed by atoms with Gasteiger partial charge in [-0.3, -0.25) is 24.1 Å². The standard InChI is InChI=1S/C33H34N12O12S4/c1-13-7-21(45-33(38-13)41-26(42-45)25(35)49)58-9-14-10-59-29-23(28(51)44(29)24(14)31(53)57-30(52)16(37-2)4-6-20(34)48)40-27(50)22(17-11-60-32(36)39-17)43-56-12-61(54,55)15-3-5-18(46)19(47)8-15/h3,5,7-8,11,16,23,29,37,46-47H,4,6,9-10,12H2,1-2H3,(H2,34,48)(H2,35,49)(H2,36,39)(H,40,50)/b43-22-/t16-,23+,29+/m1/s1. The van der Waals surface area contributed by atoms with Crippen LogP contribution in [0.5, 0.6) is 11.5 Å². The molecule has 0 aliphatic carbocycles. The summed E-state index contributed by atoms with van der Waals surface area (Å²) in [4.78, 5) is 95.9. The number of phenols is 2. The SMILES string of the molecule is CN[C@H](CCC(N)=O)C(=O)OC(=O)C1=C(CSc2cc(C)nc3nc(C(N)=O)nn23)CS[C@H]2[C@@H](NC(=O)/C(=N\OCS(=O)(=O)c3ccc(O)c(O)c3)c3csc(N)n3)C(=O)N12. The fourth-order valence-electron chi connectivity index (χ4n) is 5.72. The number of oxime groups is 1. The molecule has 1 fully saturated rings. The first-order chi connectivity index (χ1) is 28.9. The lowest BCUT2D eigenvalue weighted by molar-refractivity contribution is -0.162. The molecule has 24 nitrogen and oxygen atoms in total. The zero-order valence-corrected chi connectivity index (χ0v) is 34.9. The Labute approximate surface area is 356 Å². The number of ether oxygens (including phenoxy) is 1. The zero-order chi connectivity index (χ0) is 44.3. The minimum atomic E-state index is -4.29. The Hall–Kier alpha value is -6.36. The Morgan fingerprint density at radius 3 is 2.52 bits per heavy atom. The Morgan fingerprint density at radius 1 is 1.11 bits per heavy atom. The molecule has 4 aromatic rings. The summed E-state index contributed by atoms with van der Waals surface area (Å²) in [6, 6.07) is 1.98. The molecule has 3 atom stereocenters. The van der Waals surface area contributed by atoms with E-state index in [0.29, 0.717) is 16.3 Å². The molecule has 0 spiro atoms. The molecule has 1 aromatic carbocycles. The van der Waals surface area contributed by atoms with E-state index in [2.05, 4.69) is 35.8 Å². The van der Waals surface area contributed by atoms with E-state index in [0.717, 1.165) is 58.0 Å². The van der Waals surface area contributed by atoms with E-state index in [-0.39, 0.29) is 52.5 Å². The Morgan fingerprint density at radius 2 is 1.87 bits per heavy atom. The fraction of sp³-hybridized carbons (Fsp3) is 0.303. The van der Waals surface area contributed by atoms with Crippen LogP contribution in [0.4, 0.5) is 5.13 Å². The Balaban J connectivity index is 1.25. The summed E-state index contributed by atoms with van der Waals surface area (Å²) in [5.74, 6) is -8.20. The first-order valence-corrected chi connectivity index (χ1v) is 22.0. The highest BCUT2D eigenvalue weighted by atomic mass is 32.2. The van der Waals surface area contributed by atoms with Crippen molar-refractivity contribution in [2.75, 3.05) is 30.2 Å². The van der Waals surface area contributed by atoms with Crippen LogP contribution in [-0.2, 0) is 43.4 Å². The summed E-state index contributed by atoms with van der Waals surface area (Å²) in [5, 5.41) is 33.1. The largest absolute Gasteiger partial charge is 0.504 e. The molecule has 4 amide bonds. The van der Waals surface area contributed by atoms with Crippen molar-refractivity contribution in [1.29, 1.82) is 0 Å². The number of sulfone groups is 1. The normalized spacial score (nSPS) is 17.0. The number of phenolic OH excluding ortho intramolecular Hbond substituents is 2. The summed E-state index contributed by atoms with van der Waals surface area (Å²) < 4.78 is 32.2. The minimum absolute atomic E-state index is 0.00661. The Kier molecular flexibility index (Phi) is 13.1. The monoisotopic (exact) mass is 918 g/mol. The van der Waals surface area contributed by atoms with Gasteiger partial charge in [-0.1, -0.05) is 5.16 Å². The van der Waals surface area contributed by atoms with Gasteiger partial charge < -0.3 is 47.6 Å². The maximum absolute atomic E-state index is 13.9. The molecule has 322 valence electrons. The van der Waals surface area contributed by atoms with Gasteiger partial charge in [0.05, 0.1) is 4.90 Å². The van der Waals surface area contributed by atoms with Crippen molar-refractivity contribution in [2.45, 2.75) is 47.1 Å². The number of esters is 2. The average Bonchev–Trinajstić information content (AvgIpc) is 3.84. The highest BCUT2D eigenvalue weighted by molar-refractivity contribution is 8.01. The number of amides is 4. The second-order valence-electron chi connectivity index (χ2n) is 12.9. The van der Waals surface area contributed by atoms with Crippen LogP contribution in [0.1, 0.15) is 34.8 Å². The van der Waals surface area contributed by atoms with E-state index in [1.807, 2.05) is 0 Å². The number of nitrogens with zero attached hydrogens (tertiary/aromatic N) is 7. The highest BCUT2D eigenvalue weighted by Gasteiger charge is 2.55. The summed E-state index contributed by atoms with van der Waals surface area (Å²) >= 11 is 3.21. The molecule has 28 heteroatoms. The van der Waals surface area contributed by atoms with Crippen LogP contribution in [0.15, 0.2) is 56.0 Å². The molecule has 61 heavy (non-hydrogen) atoms. The van der Waals surface area contributed by atoms with Crippen molar-refractivity contribution >= 4 is 96.9 Å². The maximum Gasteiger partial charge on any atom is 0.362 e. The molecule has 1 saturated heterocycles. The number of primary amides is 2. The van der Waals surface area contributed by atoms with Gasteiger partial charge in [0.1, 0.15) is 33.9 Å². The number of benzene rings is 1. The lowest BCUT2D eigenvalue weighted by Crippen LogP contribution is -2.71. The van der Waals surface area contributed by atoms with Crippen molar-refractivity contribution < 1.29 is 57.0 Å². The molecule has 0 radical (unpaired) electrons. The average molecular weight is 919 g/mol. The third-order valence-corrected chi connectivity index (χ3v) is 13.2. The van der Waals surface area contributed by atoms with Crippen molar-refractivity contribution in [3.8, 4) is 11.5 Å². The number of carbonyl (C=O) groups is 6. The predicted molar refractivity (Wildman–Crippen MR) is 215 cm³/mol. The quantitative estimate of drug-likeness (QED) is 0.00926. The van der Waals surface area contributed by atoms with Crippen molar-refractivity contribution in [2.24, 2.45) is 16.6 Å². The lowest BCUT2D eigenvalue weighted by atomic mass is 10.0. The number of aromatic nitrogens is 5. The van der Waals surface area contributed by atoms with Crippen molar-refractivity contribution in [3.63, 3.8) is 0 Å². The third-order valence-electron chi connectivity index (χ3n) is 8.70. The summed E-state index contributed by atoms with van der Waals surface area (Å²) in [6.07, 6.45) is -0.297. The number of nitrogens with two attached hydrogens (primary N) is 3. The number of aromatic hydroxyl groups is 2. The number of nitrogen functional groups attached to an aromatic ring is 1. The smallest absolute Gasteiger partial charge is 0.362 e. The molecule has 2 aliphatic heterocycles. The molecule has 6 rings (SSSR count). The van der Waals surface area contributed by atoms with E-state index >= 15 is 0 Å². The van der Waals surface area contributed by atoms with Crippen LogP contribution in [-0.4, -0.2) is 131 Å².